The van der Waals surface area contributed by atoms with Gasteiger partial charge < -0.3 is 15.0 Å². The Bertz CT molecular complexity index is 904. The Kier molecular flexibility index (Phi) is 6.78. The molecule has 1 N–H and O–H groups in total. The van der Waals surface area contributed by atoms with Crippen LogP contribution in [0.3, 0.4) is 0 Å². The van der Waals surface area contributed by atoms with Crippen LogP contribution in [0.15, 0.2) is 53.1 Å². The van der Waals surface area contributed by atoms with E-state index in [0.717, 1.165) is 27.9 Å². The van der Waals surface area contributed by atoms with Gasteiger partial charge in [0.1, 0.15) is 11.1 Å². The minimum absolute atomic E-state index is 0.0163. The fourth-order valence-electron chi connectivity index (χ4n) is 2.74. The number of methoxy groups -OCH3 is 1. The average molecular weight is 399 g/mol. The Labute approximate surface area is 169 Å². The summed E-state index contributed by atoms with van der Waals surface area (Å²) in [6.07, 6.45) is 3.91. The van der Waals surface area contributed by atoms with Gasteiger partial charge in [0.05, 0.1) is 24.1 Å². The molecule has 0 amide bonds. The van der Waals surface area contributed by atoms with Crippen LogP contribution in [0.5, 0.6) is 0 Å². The molecule has 2 aromatic heterocycles. The van der Waals surface area contributed by atoms with Gasteiger partial charge in [-0.25, -0.2) is 9.67 Å². The van der Waals surface area contributed by atoms with Crippen molar-refractivity contribution in [3.8, 4) is 5.69 Å². The number of hydrogen-bond acceptors (Lipinski definition) is 5. The molecule has 3 aromatic rings. The van der Waals surface area contributed by atoms with Gasteiger partial charge in [-0.05, 0) is 19.1 Å². The second kappa shape index (κ2) is 9.48. The van der Waals surface area contributed by atoms with E-state index in [-0.39, 0.29) is 6.10 Å². The average Bonchev–Trinajstić information content (AvgIpc) is 3.38. The molecule has 0 saturated heterocycles. The normalized spacial score (nSPS) is 12.8. The van der Waals surface area contributed by atoms with Crippen LogP contribution in [0.25, 0.3) is 5.69 Å². The lowest BCUT2D eigenvalue weighted by Gasteiger charge is -2.21. The van der Waals surface area contributed by atoms with E-state index in [9.17, 15) is 0 Å². The first-order valence-electron chi connectivity index (χ1n) is 9.08. The van der Waals surface area contributed by atoms with Gasteiger partial charge in [-0.3, -0.25) is 4.99 Å². The van der Waals surface area contributed by atoms with Crippen molar-refractivity contribution in [3.05, 3.63) is 64.4 Å². The Morgan fingerprint density at radius 3 is 2.86 bits per heavy atom. The molecule has 0 aliphatic rings. The molecule has 0 spiro atoms. The van der Waals surface area contributed by atoms with Crippen molar-refractivity contribution in [1.29, 1.82) is 0 Å². The molecular formula is C20H26N6OS. The molecule has 8 heteroatoms. The van der Waals surface area contributed by atoms with Crippen LogP contribution in [-0.2, 0) is 17.8 Å². The van der Waals surface area contributed by atoms with Crippen molar-refractivity contribution in [3.63, 3.8) is 0 Å². The van der Waals surface area contributed by atoms with Crippen LogP contribution in [0.4, 0.5) is 0 Å². The SMILES string of the molecule is CN=C(NCc1cnn(-c2ccccc2)c1)N(C)Cc1csc(C(C)OC)n1. The molecule has 0 bridgehead atoms. The molecule has 1 unspecified atom stereocenters. The highest BCUT2D eigenvalue weighted by atomic mass is 32.1. The van der Waals surface area contributed by atoms with Crippen molar-refractivity contribution in [2.75, 3.05) is 21.2 Å². The highest BCUT2D eigenvalue weighted by Crippen LogP contribution is 2.20. The van der Waals surface area contributed by atoms with Crippen molar-refractivity contribution >= 4 is 17.3 Å². The molecule has 1 atom stereocenters. The first-order chi connectivity index (χ1) is 13.6. The van der Waals surface area contributed by atoms with Crippen molar-refractivity contribution < 1.29 is 4.74 Å². The minimum Gasteiger partial charge on any atom is -0.375 e. The van der Waals surface area contributed by atoms with Gasteiger partial charge in [0.15, 0.2) is 5.96 Å². The smallest absolute Gasteiger partial charge is 0.194 e. The van der Waals surface area contributed by atoms with Gasteiger partial charge in [-0.15, -0.1) is 11.3 Å². The number of nitrogens with zero attached hydrogens (tertiary/aromatic N) is 5. The minimum atomic E-state index is 0.0163. The number of rotatable bonds is 7. The van der Waals surface area contributed by atoms with E-state index in [1.165, 1.54) is 0 Å². The van der Waals surface area contributed by atoms with E-state index in [0.29, 0.717) is 13.1 Å². The lowest BCUT2D eigenvalue weighted by Crippen LogP contribution is -2.38. The molecule has 148 valence electrons. The van der Waals surface area contributed by atoms with Crippen LogP contribution in [-0.4, -0.2) is 46.8 Å². The Morgan fingerprint density at radius 2 is 2.14 bits per heavy atom. The van der Waals surface area contributed by atoms with E-state index >= 15 is 0 Å². The second-order valence-corrected chi connectivity index (χ2v) is 7.33. The van der Waals surface area contributed by atoms with Gasteiger partial charge in [0.25, 0.3) is 0 Å². The zero-order valence-corrected chi connectivity index (χ0v) is 17.5. The number of para-hydroxylation sites is 1. The maximum Gasteiger partial charge on any atom is 0.194 e. The third kappa shape index (κ3) is 4.96. The van der Waals surface area contributed by atoms with Crippen molar-refractivity contribution in [2.24, 2.45) is 4.99 Å². The summed E-state index contributed by atoms with van der Waals surface area (Å²) in [6, 6.07) is 10.1. The molecule has 2 heterocycles. The zero-order chi connectivity index (χ0) is 19.9. The number of aliphatic imine (C=N–C) groups is 1. The maximum atomic E-state index is 5.33. The number of ether oxygens (including phenoxy) is 1. The van der Waals surface area contributed by atoms with Crippen molar-refractivity contribution in [2.45, 2.75) is 26.1 Å². The van der Waals surface area contributed by atoms with Gasteiger partial charge in [0, 0.05) is 44.9 Å². The van der Waals surface area contributed by atoms with E-state index in [1.54, 1.807) is 25.5 Å². The largest absolute Gasteiger partial charge is 0.375 e. The third-order valence-corrected chi connectivity index (χ3v) is 5.41. The molecule has 0 saturated carbocycles. The van der Waals surface area contributed by atoms with E-state index < -0.39 is 0 Å². The van der Waals surface area contributed by atoms with E-state index in [4.69, 9.17) is 4.74 Å². The molecule has 0 aliphatic heterocycles. The number of thiazole rings is 1. The number of guanidine groups is 1. The quantitative estimate of drug-likeness (QED) is 0.489. The van der Waals surface area contributed by atoms with Crippen LogP contribution in [0.2, 0.25) is 0 Å². The van der Waals surface area contributed by atoms with Gasteiger partial charge in [-0.2, -0.15) is 5.10 Å². The molecule has 0 fully saturated rings. The summed E-state index contributed by atoms with van der Waals surface area (Å²) in [5.74, 6) is 0.807. The summed E-state index contributed by atoms with van der Waals surface area (Å²) in [5.41, 5.74) is 3.13. The number of nitrogens with one attached hydrogen (secondary N) is 1. The lowest BCUT2D eigenvalue weighted by molar-refractivity contribution is 0.119. The Hall–Kier alpha value is -2.71. The molecule has 7 nitrogen and oxygen atoms in total. The molecule has 0 radical (unpaired) electrons. The second-order valence-electron chi connectivity index (χ2n) is 6.44. The summed E-state index contributed by atoms with van der Waals surface area (Å²) in [7, 11) is 5.48. The Balaban J connectivity index is 1.57. The van der Waals surface area contributed by atoms with Gasteiger partial charge in [-0.1, -0.05) is 18.2 Å². The first-order valence-corrected chi connectivity index (χ1v) is 9.96. The number of hydrogen-bond donors (Lipinski definition) is 1. The van der Waals surface area contributed by atoms with Gasteiger partial charge >= 0.3 is 0 Å². The topological polar surface area (TPSA) is 67.6 Å². The fourth-order valence-corrected chi connectivity index (χ4v) is 3.58. The molecule has 1 aromatic carbocycles. The lowest BCUT2D eigenvalue weighted by atomic mass is 10.3. The fraction of sp³-hybridized carbons (Fsp3) is 0.350. The number of aromatic nitrogens is 3. The molecule has 0 aliphatic carbocycles. The molecule has 3 rings (SSSR count). The van der Waals surface area contributed by atoms with Crippen LogP contribution in [0.1, 0.15) is 29.3 Å². The van der Waals surface area contributed by atoms with Crippen LogP contribution < -0.4 is 5.32 Å². The molecule has 28 heavy (non-hydrogen) atoms. The highest BCUT2D eigenvalue weighted by molar-refractivity contribution is 7.09. The predicted octanol–water partition coefficient (Wildman–Crippen LogP) is 3.24. The third-order valence-electron chi connectivity index (χ3n) is 4.35. The summed E-state index contributed by atoms with van der Waals surface area (Å²) in [5, 5.41) is 10.9. The molecular weight excluding hydrogens is 372 g/mol. The van der Waals surface area contributed by atoms with Crippen LogP contribution >= 0.6 is 11.3 Å². The number of benzene rings is 1. The van der Waals surface area contributed by atoms with E-state index in [1.807, 2.05) is 61.4 Å². The predicted molar refractivity (Wildman–Crippen MR) is 113 cm³/mol. The monoisotopic (exact) mass is 398 g/mol. The maximum absolute atomic E-state index is 5.33. The standard InChI is InChI=1S/C20H26N6OS/c1-15(27-4)19-24-17(14-28-19)13-25(3)20(21-2)22-10-16-11-23-26(12-16)18-8-6-5-7-9-18/h5-9,11-12,14-15H,10,13H2,1-4H3,(H,21,22). The first kappa shape index (κ1) is 20.0. The summed E-state index contributed by atoms with van der Waals surface area (Å²) < 4.78 is 7.21. The Morgan fingerprint density at radius 1 is 1.36 bits per heavy atom. The van der Waals surface area contributed by atoms with Crippen LogP contribution in [0, 0.1) is 0 Å². The summed E-state index contributed by atoms with van der Waals surface area (Å²) in [4.78, 5) is 11.1. The summed E-state index contributed by atoms with van der Waals surface area (Å²) >= 11 is 1.62. The highest BCUT2D eigenvalue weighted by Gasteiger charge is 2.13. The van der Waals surface area contributed by atoms with Crippen molar-refractivity contribution in [1.82, 2.24) is 25.0 Å². The summed E-state index contributed by atoms with van der Waals surface area (Å²) in [6.45, 7) is 3.32. The van der Waals surface area contributed by atoms with Gasteiger partial charge in [0.2, 0.25) is 0 Å². The van der Waals surface area contributed by atoms with E-state index in [2.05, 4.69) is 30.7 Å². The zero-order valence-electron chi connectivity index (χ0n) is 16.7.